The monoisotopic (exact) mass is 188 g/mol. The zero-order chi connectivity index (χ0) is 8.55. The summed E-state index contributed by atoms with van der Waals surface area (Å²) in [5.41, 5.74) is 0. The van der Waals surface area contributed by atoms with Crippen molar-refractivity contribution in [3.05, 3.63) is 11.2 Å². The first-order valence-electron chi connectivity index (χ1n) is 3.86. The Bertz CT molecular complexity index is 276. The molecule has 1 aromatic heterocycles. The number of nitrogens with zero attached hydrogens (tertiary/aromatic N) is 2. The molecule has 66 valence electrons. The van der Waals surface area contributed by atoms with Crippen LogP contribution in [-0.2, 0) is 4.74 Å². The molecule has 1 aliphatic rings. The largest absolute Gasteiger partial charge is 0.378 e. The van der Waals surface area contributed by atoms with E-state index >= 15 is 0 Å². The molecule has 4 nitrogen and oxygen atoms in total. The molecule has 0 aromatic carbocycles. The van der Waals surface area contributed by atoms with Crippen molar-refractivity contribution in [2.45, 2.75) is 25.4 Å². The van der Waals surface area contributed by atoms with E-state index in [0.717, 1.165) is 6.42 Å². The third-order valence-corrected chi connectivity index (χ3v) is 2.12. The molecule has 0 spiro atoms. The van der Waals surface area contributed by atoms with Gasteiger partial charge in [-0.1, -0.05) is 0 Å². The number of aromatic nitrogens is 2. The highest BCUT2D eigenvalue weighted by atomic mass is 35.5. The van der Waals surface area contributed by atoms with Gasteiger partial charge in [0.25, 0.3) is 5.28 Å². The van der Waals surface area contributed by atoms with Gasteiger partial charge < -0.3 is 9.26 Å². The lowest BCUT2D eigenvalue weighted by Gasteiger charge is -1.97. The lowest BCUT2D eigenvalue weighted by atomic mass is 10.1. The topological polar surface area (TPSA) is 48.2 Å². The van der Waals surface area contributed by atoms with Crippen LogP contribution in [0.4, 0.5) is 0 Å². The number of hydrogen-bond donors (Lipinski definition) is 0. The van der Waals surface area contributed by atoms with E-state index in [4.69, 9.17) is 20.9 Å². The zero-order valence-corrected chi connectivity index (χ0v) is 7.41. The van der Waals surface area contributed by atoms with Crippen LogP contribution in [0.15, 0.2) is 4.52 Å². The molecule has 2 heterocycles. The molecule has 1 fully saturated rings. The maximum atomic E-state index is 5.52. The Morgan fingerprint density at radius 2 is 2.42 bits per heavy atom. The summed E-state index contributed by atoms with van der Waals surface area (Å²) in [6.07, 6.45) is 1.21. The molecule has 1 aromatic rings. The quantitative estimate of drug-likeness (QED) is 0.672. The first kappa shape index (κ1) is 8.01. The van der Waals surface area contributed by atoms with Gasteiger partial charge in [-0.2, -0.15) is 4.98 Å². The Morgan fingerprint density at radius 1 is 1.58 bits per heavy atom. The molecule has 2 rings (SSSR count). The van der Waals surface area contributed by atoms with Crippen LogP contribution < -0.4 is 0 Å². The van der Waals surface area contributed by atoms with Crippen LogP contribution in [0.2, 0.25) is 5.28 Å². The number of rotatable bonds is 1. The van der Waals surface area contributed by atoms with Crippen LogP contribution in [0.1, 0.15) is 25.2 Å². The van der Waals surface area contributed by atoms with Crippen molar-refractivity contribution >= 4 is 11.6 Å². The number of hydrogen-bond acceptors (Lipinski definition) is 4. The smallest absolute Gasteiger partial charge is 0.263 e. The molecular formula is C7H9ClN2O2. The van der Waals surface area contributed by atoms with Crippen molar-refractivity contribution in [1.29, 1.82) is 0 Å². The average molecular weight is 189 g/mol. The molecule has 0 N–H and O–H groups in total. The van der Waals surface area contributed by atoms with Crippen molar-refractivity contribution < 1.29 is 9.26 Å². The molecule has 1 aliphatic heterocycles. The third kappa shape index (κ3) is 1.44. The van der Waals surface area contributed by atoms with Crippen molar-refractivity contribution in [2.75, 3.05) is 6.61 Å². The van der Waals surface area contributed by atoms with Crippen LogP contribution in [0.5, 0.6) is 0 Å². The van der Waals surface area contributed by atoms with Crippen molar-refractivity contribution in [3.8, 4) is 0 Å². The summed E-state index contributed by atoms with van der Waals surface area (Å²) in [4.78, 5) is 3.93. The van der Waals surface area contributed by atoms with E-state index in [2.05, 4.69) is 10.1 Å². The molecule has 12 heavy (non-hydrogen) atoms. The second-order valence-corrected chi connectivity index (χ2v) is 3.32. The maximum Gasteiger partial charge on any atom is 0.263 e. The molecule has 0 radical (unpaired) electrons. The summed E-state index contributed by atoms with van der Waals surface area (Å²) in [6.45, 7) is 2.68. The van der Waals surface area contributed by atoms with Crippen LogP contribution in [-0.4, -0.2) is 22.9 Å². The summed E-state index contributed by atoms with van der Waals surface area (Å²) in [5.74, 6) is 0.810. The minimum atomic E-state index is 0.171. The highest BCUT2D eigenvalue weighted by Crippen LogP contribution is 2.28. The van der Waals surface area contributed by atoms with Crippen molar-refractivity contribution in [3.63, 3.8) is 0 Å². The SMILES string of the molecule is C[C@@H]1C[C@H](c2nc(Cl)no2)CO1. The minimum absolute atomic E-state index is 0.171. The van der Waals surface area contributed by atoms with Gasteiger partial charge in [-0.3, -0.25) is 0 Å². The van der Waals surface area contributed by atoms with E-state index in [1.54, 1.807) is 0 Å². The minimum Gasteiger partial charge on any atom is -0.378 e. The van der Waals surface area contributed by atoms with Crippen LogP contribution in [0.25, 0.3) is 0 Å². The molecule has 2 atom stereocenters. The maximum absolute atomic E-state index is 5.52. The number of ether oxygens (including phenoxy) is 1. The van der Waals surface area contributed by atoms with Gasteiger partial charge in [-0.05, 0) is 30.1 Å². The van der Waals surface area contributed by atoms with Gasteiger partial charge in [-0.25, -0.2) is 0 Å². The first-order valence-corrected chi connectivity index (χ1v) is 4.24. The van der Waals surface area contributed by atoms with E-state index in [0.29, 0.717) is 12.5 Å². The van der Waals surface area contributed by atoms with Gasteiger partial charge in [0.2, 0.25) is 5.89 Å². The Balaban J connectivity index is 2.11. The standard InChI is InChI=1S/C7H9ClN2O2/c1-4-2-5(3-11-4)6-9-7(8)10-12-6/h4-5H,2-3H2,1H3/t4-,5+/m1/s1. The fraction of sp³-hybridized carbons (Fsp3) is 0.714. The fourth-order valence-electron chi connectivity index (χ4n) is 1.37. The third-order valence-electron chi connectivity index (χ3n) is 1.96. The molecule has 0 unspecified atom stereocenters. The Kier molecular flexibility index (Phi) is 2.02. The van der Waals surface area contributed by atoms with E-state index < -0.39 is 0 Å². The van der Waals surface area contributed by atoms with E-state index in [9.17, 15) is 0 Å². The van der Waals surface area contributed by atoms with E-state index in [1.165, 1.54) is 0 Å². The molecular weight excluding hydrogens is 180 g/mol. The fourth-order valence-corrected chi connectivity index (χ4v) is 1.49. The van der Waals surface area contributed by atoms with Crippen LogP contribution in [0, 0.1) is 0 Å². The molecule has 0 aliphatic carbocycles. The lowest BCUT2D eigenvalue weighted by Crippen LogP contribution is -1.97. The second kappa shape index (κ2) is 3.03. The Labute approximate surface area is 74.9 Å². The molecule has 0 saturated carbocycles. The summed E-state index contributed by atoms with van der Waals surface area (Å²) in [6, 6.07) is 0. The second-order valence-electron chi connectivity index (χ2n) is 2.98. The Morgan fingerprint density at radius 3 is 2.92 bits per heavy atom. The van der Waals surface area contributed by atoms with Crippen LogP contribution >= 0.6 is 11.6 Å². The number of halogens is 1. The van der Waals surface area contributed by atoms with Gasteiger partial charge in [0.15, 0.2) is 0 Å². The average Bonchev–Trinajstić information content (AvgIpc) is 2.58. The zero-order valence-electron chi connectivity index (χ0n) is 6.66. The van der Waals surface area contributed by atoms with Crippen LogP contribution in [0.3, 0.4) is 0 Å². The highest BCUT2D eigenvalue weighted by molar-refractivity contribution is 6.28. The van der Waals surface area contributed by atoms with Gasteiger partial charge in [0, 0.05) is 0 Å². The molecule has 0 amide bonds. The van der Waals surface area contributed by atoms with Gasteiger partial charge in [0.1, 0.15) is 0 Å². The Hall–Kier alpha value is -0.610. The first-order chi connectivity index (χ1) is 5.75. The summed E-state index contributed by atoms with van der Waals surface area (Å²) in [5, 5.41) is 3.68. The van der Waals surface area contributed by atoms with Gasteiger partial charge in [0.05, 0.1) is 18.6 Å². The van der Waals surface area contributed by atoms with Gasteiger partial charge >= 0.3 is 0 Å². The highest BCUT2D eigenvalue weighted by Gasteiger charge is 2.27. The molecule has 0 bridgehead atoms. The van der Waals surface area contributed by atoms with Crippen molar-refractivity contribution in [2.24, 2.45) is 0 Å². The van der Waals surface area contributed by atoms with Gasteiger partial charge in [-0.15, -0.1) is 0 Å². The normalized spacial score (nSPS) is 29.5. The summed E-state index contributed by atoms with van der Waals surface area (Å²) >= 11 is 5.52. The summed E-state index contributed by atoms with van der Waals surface area (Å²) < 4.78 is 10.3. The van der Waals surface area contributed by atoms with E-state index in [1.807, 2.05) is 6.92 Å². The summed E-state index contributed by atoms with van der Waals surface area (Å²) in [7, 11) is 0. The van der Waals surface area contributed by atoms with E-state index in [-0.39, 0.29) is 17.3 Å². The molecule has 5 heteroatoms. The predicted molar refractivity (Wildman–Crippen MR) is 42.1 cm³/mol. The predicted octanol–water partition coefficient (Wildman–Crippen LogP) is 1.62. The molecule has 1 saturated heterocycles. The lowest BCUT2D eigenvalue weighted by molar-refractivity contribution is 0.122. The van der Waals surface area contributed by atoms with Crippen molar-refractivity contribution in [1.82, 2.24) is 10.1 Å².